The number of alkyl halides is 1. The molecule has 22 heavy (non-hydrogen) atoms. The van der Waals surface area contributed by atoms with Crippen LogP contribution in [0.5, 0.6) is 0 Å². The van der Waals surface area contributed by atoms with E-state index in [-0.39, 0.29) is 17.9 Å². The van der Waals surface area contributed by atoms with Crippen molar-refractivity contribution in [3.8, 4) is 0 Å². The fraction of sp³-hybridized carbons (Fsp3) is 0.500. The summed E-state index contributed by atoms with van der Waals surface area (Å²) in [5, 5.41) is 5.69. The minimum Gasteiger partial charge on any atom is -0.368 e. The molecule has 0 fully saturated rings. The van der Waals surface area contributed by atoms with Crippen LogP contribution in [0.25, 0.3) is 0 Å². The second kappa shape index (κ2) is 15.4. The van der Waals surface area contributed by atoms with E-state index in [0.29, 0.717) is 25.7 Å². The fourth-order valence-electron chi connectivity index (χ4n) is 1.60. The van der Waals surface area contributed by atoms with Gasteiger partial charge in [-0.15, -0.1) is 0 Å². The van der Waals surface area contributed by atoms with Gasteiger partial charge < -0.3 is 16.4 Å². The first kappa shape index (κ1) is 22.3. The van der Waals surface area contributed by atoms with Gasteiger partial charge in [0, 0.05) is 12.1 Å². The summed E-state index contributed by atoms with van der Waals surface area (Å²) in [7, 11) is 2.21. The summed E-state index contributed by atoms with van der Waals surface area (Å²) in [4.78, 5) is 22.7. The quantitative estimate of drug-likeness (QED) is 0.325. The molecule has 0 saturated carbocycles. The van der Waals surface area contributed by atoms with Crippen LogP contribution in [0.3, 0.4) is 0 Å². The topological polar surface area (TPSA) is 84.2 Å². The van der Waals surface area contributed by atoms with Gasteiger partial charge in [0.05, 0.1) is 13.2 Å². The van der Waals surface area contributed by atoms with Gasteiger partial charge >= 0.3 is 0 Å². The Morgan fingerprint density at radius 3 is 2.41 bits per heavy atom. The number of amides is 2. The molecule has 6 heteroatoms. The van der Waals surface area contributed by atoms with E-state index in [4.69, 9.17) is 5.73 Å². The minimum absolute atomic E-state index is 0.0845. The minimum atomic E-state index is -0.343. The largest absolute Gasteiger partial charge is 0.368 e. The molecule has 4 N–H and O–H groups in total. The average Bonchev–Trinajstić information content (AvgIpc) is 2.52. The van der Waals surface area contributed by atoms with Gasteiger partial charge in [0.25, 0.3) is 0 Å². The maximum atomic E-state index is 11.7. The van der Waals surface area contributed by atoms with Crippen LogP contribution in [0.2, 0.25) is 0 Å². The SMILES string of the molecule is C=C/C=C\C=C(/C)C(=O)NCCCCC(NC)C(N)=O.CF. The Kier molecular flexibility index (Phi) is 15.7. The number of halogens is 1. The van der Waals surface area contributed by atoms with E-state index in [0.717, 1.165) is 12.8 Å². The van der Waals surface area contributed by atoms with Crippen LogP contribution in [0.15, 0.2) is 36.5 Å². The van der Waals surface area contributed by atoms with E-state index in [2.05, 4.69) is 17.2 Å². The van der Waals surface area contributed by atoms with Crippen LogP contribution in [-0.4, -0.2) is 38.6 Å². The van der Waals surface area contributed by atoms with Gasteiger partial charge in [-0.05, 0) is 33.2 Å². The van der Waals surface area contributed by atoms with Crippen LogP contribution in [0.4, 0.5) is 4.39 Å². The molecule has 0 rings (SSSR count). The Balaban J connectivity index is 0. The molecule has 0 heterocycles. The summed E-state index contributed by atoms with van der Waals surface area (Å²) >= 11 is 0. The number of likely N-dealkylation sites (N-methyl/N-ethyl adjacent to an activating group) is 1. The van der Waals surface area contributed by atoms with E-state index in [1.807, 2.05) is 0 Å². The Hall–Kier alpha value is -1.95. The number of nitrogens with two attached hydrogens (primary N) is 1. The van der Waals surface area contributed by atoms with E-state index < -0.39 is 0 Å². The van der Waals surface area contributed by atoms with Crippen molar-refractivity contribution in [2.75, 3.05) is 20.8 Å². The van der Waals surface area contributed by atoms with Crippen molar-refractivity contribution in [3.05, 3.63) is 36.5 Å². The molecular weight excluding hydrogens is 285 g/mol. The van der Waals surface area contributed by atoms with Crippen LogP contribution < -0.4 is 16.4 Å². The summed E-state index contributed by atoms with van der Waals surface area (Å²) in [6.45, 7) is 5.90. The molecule has 0 aliphatic heterocycles. The van der Waals surface area contributed by atoms with Crippen molar-refractivity contribution in [2.45, 2.75) is 32.2 Å². The first-order valence-electron chi connectivity index (χ1n) is 7.11. The molecule has 0 aromatic rings. The third kappa shape index (κ3) is 11.8. The Morgan fingerprint density at radius 2 is 1.91 bits per heavy atom. The van der Waals surface area contributed by atoms with Crippen molar-refractivity contribution in [1.29, 1.82) is 0 Å². The maximum Gasteiger partial charge on any atom is 0.246 e. The number of hydrogen-bond acceptors (Lipinski definition) is 3. The number of carbonyl (C=O) groups is 2. The molecule has 0 aromatic carbocycles. The number of unbranched alkanes of at least 4 members (excludes halogenated alkanes) is 1. The van der Waals surface area contributed by atoms with Crippen molar-refractivity contribution >= 4 is 11.8 Å². The smallest absolute Gasteiger partial charge is 0.246 e. The zero-order valence-electron chi connectivity index (χ0n) is 13.7. The van der Waals surface area contributed by atoms with Gasteiger partial charge in [-0.3, -0.25) is 14.0 Å². The van der Waals surface area contributed by atoms with Gasteiger partial charge in [0.15, 0.2) is 0 Å². The van der Waals surface area contributed by atoms with E-state index in [1.165, 1.54) is 0 Å². The lowest BCUT2D eigenvalue weighted by Gasteiger charge is -2.11. The normalized spacial score (nSPS) is 12.3. The van der Waals surface area contributed by atoms with Gasteiger partial charge in [-0.25, -0.2) is 0 Å². The molecule has 1 unspecified atom stereocenters. The molecule has 5 nitrogen and oxygen atoms in total. The summed E-state index contributed by atoms with van der Waals surface area (Å²) in [5.41, 5.74) is 5.86. The molecule has 2 amide bonds. The zero-order valence-corrected chi connectivity index (χ0v) is 13.7. The molecule has 0 aliphatic rings. The summed E-state index contributed by atoms with van der Waals surface area (Å²) < 4.78 is 9.50. The van der Waals surface area contributed by atoms with Crippen molar-refractivity contribution in [1.82, 2.24) is 10.6 Å². The third-order valence-corrected chi connectivity index (χ3v) is 2.85. The van der Waals surface area contributed by atoms with Gasteiger partial charge in [0.2, 0.25) is 11.8 Å². The lowest BCUT2D eigenvalue weighted by molar-refractivity contribution is -0.120. The maximum absolute atomic E-state index is 11.7. The first-order valence-corrected chi connectivity index (χ1v) is 7.11. The zero-order chi connectivity index (χ0) is 17.4. The first-order chi connectivity index (χ1) is 10.5. The monoisotopic (exact) mass is 313 g/mol. The van der Waals surface area contributed by atoms with E-state index >= 15 is 0 Å². The van der Waals surface area contributed by atoms with Crippen molar-refractivity contribution in [2.24, 2.45) is 5.73 Å². The fourth-order valence-corrected chi connectivity index (χ4v) is 1.60. The predicted molar refractivity (Wildman–Crippen MR) is 89.0 cm³/mol. The molecule has 0 spiro atoms. The molecule has 0 aliphatic carbocycles. The van der Waals surface area contributed by atoms with Crippen molar-refractivity contribution < 1.29 is 14.0 Å². The lowest BCUT2D eigenvalue weighted by Crippen LogP contribution is -2.39. The highest BCUT2D eigenvalue weighted by Crippen LogP contribution is 2.00. The average molecular weight is 313 g/mol. The molecule has 1 atom stereocenters. The Bertz CT molecular complexity index is 393. The number of hydrogen-bond donors (Lipinski definition) is 3. The standard InChI is InChI=1S/C15H25N3O2.CH3F/c1-4-5-6-9-12(2)15(20)18-11-8-7-10-13(17-3)14(16)19;1-2/h4-6,9,13,17H,1,7-8,10-11H2,2-3H3,(H2,16,19)(H,18,20);1H3/b6-5-,12-9+;. The number of allylic oxidation sites excluding steroid dienone is 4. The van der Waals surface area contributed by atoms with E-state index in [9.17, 15) is 14.0 Å². The summed E-state index contributed by atoms with van der Waals surface area (Å²) in [5.74, 6) is -0.428. The molecule has 0 aromatic heterocycles. The molecular formula is C16H28FN3O2. The molecule has 126 valence electrons. The van der Waals surface area contributed by atoms with Crippen LogP contribution >= 0.6 is 0 Å². The van der Waals surface area contributed by atoms with Crippen LogP contribution in [-0.2, 0) is 9.59 Å². The number of primary amides is 1. The molecule has 0 radical (unpaired) electrons. The second-order valence-corrected chi connectivity index (χ2v) is 4.47. The van der Waals surface area contributed by atoms with Crippen LogP contribution in [0, 0.1) is 0 Å². The van der Waals surface area contributed by atoms with Gasteiger partial charge in [0.1, 0.15) is 0 Å². The lowest BCUT2D eigenvalue weighted by atomic mass is 10.1. The van der Waals surface area contributed by atoms with E-state index in [1.54, 1.807) is 38.3 Å². The Morgan fingerprint density at radius 1 is 1.27 bits per heavy atom. The third-order valence-electron chi connectivity index (χ3n) is 2.85. The number of rotatable bonds is 10. The Labute approximate surface area is 132 Å². The summed E-state index contributed by atoms with van der Waals surface area (Å²) in [6, 6.07) is -0.295. The van der Waals surface area contributed by atoms with Crippen LogP contribution in [0.1, 0.15) is 26.2 Å². The van der Waals surface area contributed by atoms with Crippen molar-refractivity contribution in [3.63, 3.8) is 0 Å². The molecule has 0 bridgehead atoms. The molecule has 0 saturated heterocycles. The highest BCUT2D eigenvalue weighted by atomic mass is 19.1. The highest BCUT2D eigenvalue weighted by molar-refractivity contribution is 5.93. The second-order valence-electron chi connectivity index (χ2n) is 4.47. The number of nitrogens with one attached hydrogen (secondary N) is 2. The predicted octanol–water partition coefficient (Wildman–Crippen LogP) is 1.62. The number of carbonyl (C=O) groups excluding carboxylic acids is 2. The van der Waals surface area contributed by atoms with Gasteiger partial charge in [-0.2, -0.15) is 0 Å². The summed E-state index contributed by atoms with van der Waals surface area (Å²) in [6.07, 6.45) is 9.24. The van der Waals surface area contributed by atoms with Gasteiger partial charge in [-0.1, -0.05) is 30.9 Å². The highest BCUT2D eigenvalue weighted by Gasteiger charge is 2.11.